The molecule has 0 amide bonds. The molecule has 1 fully saturated rings. The largest absolute Gasteiger partial charge is 0.392 e. The zero-order chi connectivity index (χ0) is 12.8. The number of hydrogen-bond acceptors (Lipinski definition) is 2. The fraction of sp³-hybridized carbons (Fsp3) is 0.500. The fourth-order valence-corrected chi connectivity index (χ4v) is 3.00. The van der Waals surface area contributed by atoms with Gasteiger partial charge in [-0.1, -0.05) is 61.7 Å². The Labute approximate surface area is 109 Å². The van der Waals surface area contributed by atoms with E-state index in [0.29, 0.717) is 0 Å². The van der Waals surface area contributed by atoms with Crippen LogP contribution in [0.15, 0.2) is 42.5 Å². The van der Waals surface area contributed by atoms with Crippen molar-refractivity contribution < 1.29 is 10.2 Å². The zero-order valence-electron chi connectivity index (χ0n) is 10.8. The van der Waals surface area contributed by atoms with Crippen molar-refractivity contribution in [2.24, 2.45) is 5.41 Å². The maximum absolute atomic E-state index is 10.7. The molecule has 18 heavy (non-hydrogen) atoms. The first-order valence-corrected chi connectivity index (χ1v) is 6.80. The third kappa shape index (κ3) is 2.82. The van der Waals surface area contributed by atoms with Gasteiger partial charge < -0.3 is 10.2 Å². The van der Waals surface area contributed by atoms with Crippen LogP contribution in [0.2, 0.25) is 0 Å². The lowest BCUT2D eigenvalue weighted by Crippen LogP contribution is -2.29. The highest BCUT2D eigenvalue weighted by molar-refractivity contribution is 5.22. The Balaban J connectivity index is 2.25. The van der Waals surface area contributed by atoms with Crippen LogP contribution in [0.4, 0.5) is 0 Å². The SMILES string of the molecule is OC/C=C/C1([C@@H](O)c2ccccc2)CCCCC1. The average Bonchev–Trinajstić information content (AvgIpc) is 2.46. The zero-order valence-corrected chi connectivity index (χ0v) is 10.8. The minimum Gasteiger partial charge on any atom is -0.392 e. The summed E-state index contributed by atoms with van der Waals surface area (Å²) in [6.45, 7) is 0.0449. The van der Waals surface area contributed by atoms with Crippen LogP contribution in [0.25, 0.3) is 0 Å². The quantitative estimate of drug-likeness (QED) is 0.801. The van der Waals surface area contributed by atoms with Crippen molar-refractivity contribution in [1.29, 1.82) is 0 Å². The van der Waals surface area contributed by atoms with Gasteiger partial charge in [0.25, 0.3) is 0 Å². The predicted octanol–water partition coefficient (Wildman–Crippen LogP) is 3.22. The Morgan fingerprint density at radius 2 is 1.78 bits per heavy atom. The van der Waals surface area contributed by atoms with Gasteiger partial charge in [0.05, 0.1) is 12.7 Å². The molecule has 1 atom stereocenters. The summed E-state index contributed by atoms with van der Waals surface area (Å²) in [5, 5.41) is 19.7. The molecule has 2 nitrogen and oxygen atoms in total. The highest BCUT2D eigenvalue weighted by atomic mass is 16.3. The van der Waals surface area contributed by atoms with E-state index in [-0.39, 0.29) is 12.0 Å². The molecule has 2 N–H and O–H groups in total. The van der Waals surface area contributed by atoms with Gasteiger partial charge in [-0.05, 0) is 18.4 Å². The van der Waals surface area contributed by atoms with Crippen LogP contribution < -0.4 is 0 Å². The highest BCUT2D eigenvalue weighted by Crippen LogP contribution is 2.47. The fourth-order valence-electron chi connectivity index (χ4n) is 3.00. The van der Waals surface area contributed by atoms with E-state index >= 15 is 0 Å². The summed E-state index contributed by atoms with van der Waals surface area (Å²) < 4.78 is 0. The molecule has 0 heterocycles. The van der Waals surface area contributed by atoms with Crippen molar-refractivity contribution in [3.63, 3.8) is 0 Å². The van der Waals surface area contributed by atoms with Gasteiger partial charge >= 0.3 is 0 Å². The van der Waals surface area contributed by atoms with Crippen molar-refractivity contribution in [1.82, 2.24) is 0 Å². The lowest BCUT2D eigenvalue weighted by Gasteiger charge is -2.39. The van der Waals surface area contributed by atoms with Crippen molar-refractivity contribution in [2.45, 2.75) is 38.2 Å². The van der Waals surface area contributed by atoms with Crippen LogP contribution in [-0.4, -0.2) is 16.8 Å². The molecular weight excluding hydrogens is 224 g/mol. The van der Waals surface area contributed by atoms with Gasteiger partial charge in [-0.25, -0.2) is 0 Å². The van der Waals surface area contributed by atoms with E-state index in [4.69, 9.17) is 5.11 Å². The summed E-state index contributed by atoms with van der Waals surface area (Å²) in [5.74, 6) is 0. The average molecular weight is 246 g/mol. The second-order valence-corrected chi connectivity index (χ2v) is 5.19. The Kier molecular flexibility index (Phi) is 4.56. The Morgan fingerprint density at radius 1 is 1.11 bits per heavy atom. The molecule has 0 aromatic heterocycles. The summed E-state index contributed by atoms with van der Waals surface area (Å²) in [5.41, 5.74) is 0.782. The van der Waals surface area contributed by atoms with Crippen LogP contribution in [-0.2, 0) is 0 Å². The number of rotatable bonds is 4. The van der Waals surface area contributed by atoms with E-state index < -0.39 is 6.10 Å². The van der Waals surface area contributed by atoms with E-state index in [1.807, 2.05) is 36.4 Å². The number of aliphatic hydroxyl groups excluding tert-OH is 2. The molecular formula is C16H22O2. The van der Waals surface area contributed by atoms with E-state index in [2.05, 4.69) is 0 Å². The van der Waals surface area contributed by atoms with Crippen molar-refractivity contribution in [3.05, 3.63) is 48.0 Å². The maximum atomic E-state index is 10.7. The topological polar surface area (TPSA) is 40.5 Å². The monoisotopic (exact) mass is 246 g/mol. The summed E-state index contributed by atoms with van der Waals surface area (Å²) in [4.78, 5) is 0. The molecule has 98 valence electrons. The summed E-state index contributed by atoms with van der Waals surface area (Å²) in [6, 6.07) is 9.85. The first-order chi connectivity index (χ1) is 8.78. The Morgan fingerprint density at radius 3 is 2.39 bits per heavy atom. The van der Waals surface area contributed by atoms with Gasteiger partial charge in [-0.15, -0.1) is 0 Å². The van der Waals surface area contributed by atoms with Crippen molar-refractivity contribution in [3.8, 4) is 0 Å². The molecule has 0 saturated heterocycles. The van der Waals surface area contributed by atoms with Gasteiger partial charge in [-0.3, -0.25) is 0 Å². The molecule has 2 rings (SSSR count). The van der Waals surface area contributed by atoms with Crippen molar-refractivity contribution >= 4 is 0 Å². The van der Waals surface area contributed by atoms with Gasteiger partial charge in [0, 0.05) is 5.41 Å². The van der Waals surface area contributed by atoms with Crippen molar-refractivity contribution in [2.75, 3.05) is 6.61 Å². The predicted molar refractivity (Wildman–Crippen MR) is 73.1 cm³/mol. The lowest BCUT2D eigenvalue weighted by molar-refractivity contribution is 0.0300. The van der Waals surface area contributed by atoms with Gasteiger partial charge in [0.15, 0.2) is 0 Å². The van der Waals surface area contributed by atoms with Gasteiger partial charge in [0.2, 0.25) is 0 Å². The first-order valence-electron chi connectivity index (χ1n) is 6.80. The van der Waals surface area contributed by atoms with Crippen LogP contribution in [0.3, 0.4) is 0 Å². The third-order valence-corrected chi connectivity index (χ3v) is 4.00. The van der Waals surface area contributed by atoms with E-state index in [1.165, 1.54) is 6.42 Å². The maximum Gasteiger partial charge on any atom is 0.0880 e. The third-order valence-electron chi connectivity index (χ3n) is 4.00. The smallest absolute Gasteiger partial charge is 0.0880 e. The molecule has 1 aliphatic carbocycles. The second-order valence-electron chi connectivity index (χ2n) is 5.19. The second kappa shape index (κ2) is 6.17. The summed E-state index contributed by atoms with van der Waals surface area (Å²) in [7, 11) is 0. The van der Waals surface area contributed by atoms with Crippen LogP contribution in [0, 0.1) is 5.41 Å². The molecule has 0 aliphatic heterocycles. The van der Waals surface area contributed by atoms with E-state index in [1.54, 1.807) is 6.08 Å². The molecule has 0 radical (unpaired) electrons. The first kappa shape index (κ1) is 13.3. The number of benzene rings is 1. The van der Waals surface area contributed by atoms with E-state index in [9.17, 15) is 5.11 Å². The molecule has 2 heteroatoms. The van der Waals surface area contributed by atoms with Crippen LogP contribution in [0.5, 0.6) is 0 Å². The highest BCUT2D eigenvalue weighted by Gasteiger charge is 2.37. The van der Waals surface area contributed by atoms with Gasteiger partial charge in [-0.2, -0.15) is 0 Å². The molecule has 0 unspecified atom stereocenters. The molecule has 0 spiro atoms. The minimum absolute atomic E-state index is 0.0449. The Hall–Kier alpha value is -1.12. The summed E-state index contributed by atoms with van der Waals surface area (Å²) >= 11 is 0. The van der Waals surface area contributed by atoms with Crippen LogP contribution in [0.1, 0.15) is 43.8 Å². The minimum atomic E-state index is -0.471. The molecule has 1 aromatic carbocycles. The van der Waals surface area contributed by atoms with Gasteiger partial charge in [0.1, 0.15) is 0 Å². The molecule has 0 bridgehead atoms. The lowest BCUT2D eigenvalue weighted by atomic mass is 9.68. The summed E-state index contributed by atoms with van der Waals surface area (Å²) in [6.07, 6.45) is 8.89. The van der Waals surface area contributed by atoms with Crippen LogP contribution >= 0.6 is 0 Å². The number of aliphatic hydroxyl groups is 2. The van der Waals surface area contributed by atoms with E-state index in [0.717, 1.165) is 31.2 Å². The molecule has 1 aliphatic rings. The standard InChI is InChI=1S/C16H22O2/c17-13-7-12-16(10-5-2-6-11-16)15(18)14-8-3-1-4-9-14/h1,3-4,7-9,12,15,17-18H,2,5-6,10-11,13H2/b12-7+/t15-/m0/s1. The molecule has 1 aromatic rings. The molecule has 1 saturated carbocycles. The Bertz CT molecular complexity index is 377. The normalized spacial score (nSPS) is 21.0. The number of hydrogen-bond donors (Lipinski definition) is 2.